The molecule has 0 radical (unpaired) electrons. The van der Waals surface area contributed by atoms with Gasteiger partial charge in [-0.15, -0.1) is 0 Å². The summed E-state index contributed by atoms with van der Waals surface area (Å²) < 4.78 is 37.2. The van der Waals surface area contributed by atoms with E-state index in [2.05, 4.69) is 10.6 Å². The number of hydrogen-bond acceptors (Lipinski definition) is 7. The third kappa shape index (κ3) is 4.49. The molecule has 4 amide bonds. The van der Waals surface area contributed by atoms with Crippen LogP contribution < -0.4 is 10.6 Å². The minimum Gasteiger partial charge on any atom is -0.466 e. The number of furan rings is 1. The smallest absolute Gasteiger partial charge is 0.325 e. The second kappa shape index (κ2) is 8.96. The van der Waals surface area contributed by atoms with Crippen molar-refractivity contribution in [2.75, 3.05) is 32.8 Å². The molecule has 0 aliphatic carbocycles. The zero-order valence-corrected chi connectivity index (χ0v) is 18.8. The van der Waals surface area contributed by atoms with Gasteiger partial charge in [0.25, 0.3) is 5.91 Å². The van der Waals surface area contributed by atoms with Gasteiger partial charge in [0.1, 0.15) is 12.3 Å². The maximum atomic E-state index is 12.7. The number of ether oxygens (including phenoxy) is 1. The summed E-state index contributed by atoms with van der Waals surface area (Å²) in [6, 6.07) is 8.67. The first-order chi connectivity index (χ1) is 15.7. The second-order valence-corrected chi connectivity index (χ2v) is 9.80. The molecule has 1 aromatic heterocycles. The van der Waals surface area contributed by atoms with Gasteiger partial charge in [-0.2, -0.15) is 4.31 Å². The van der Waals surface area contributed by atoms with Crippen LogP contribution in [-0.2, 0) is 36.4 Å². The van der Waals surface area contributed by atoms with Crippen molar-refractivity contribution in [1.29, 1.82) is 0 Å². The highest BCUT2D eigenvalue weighted by Crippen LogP contribution is 2.28. The molecule has 33 heavy (non-hydrogen) atoms. The molecule has 176 valence electrons. The Morgan fingerprint density at radius 1 is 1.15 bits per heavy atom. The zero-order valence-electron chi connectivity index (χ0n) is 17.9. The lowest BCUT2D eigenvalue weighted by Crippen LogP contribution is -2.43. The van der Waals surface area contributed by atoms with Gasteiger partial charge in [-0.05, 0) is 36.8 Å². The minimum absolute atomic E-state index is 0.107. The van der Waals surface area contributed by atoms with Gasteiger partial charge in [0.15, 0.2) is 5.54 Å². The molecule has 11 nitrogen and oxygen atoms in total. The third-order valence-electron chi connectivity index (χ3n) is 5.61. The van der Waals surface area contributed by atoms with E-state index in [4.69, 9.17) is 9.15 Å². The fraction of sp³-hybridized carbons (Fsp3) is 0.381. The molecule has 2 saturated heterocycles. The van der Waals surface area contributed by atoms with Gasteiger partial charge in [-0.25, -0.2) is 13.2 Å². The predicted octanol–water partition coefficient (Wildman–Crippen LogP) is 0.384. The van der Waals surface area contributed by atoms with E-state index in [9.17, 15) is 22.8 Å². The van der Waals surface area contributed by atoms with Gasteiger partial charge in [0, 0.05) is 19.6 Å². The molecule has 2 aliphatic rings. The highest BCUT2D eigenvalue weighted by molar-refractivity contribution is 7.89. The van der Waals surface area contributed by atoms with E-state index in [0.717, 1.165) is 4.90 Å². The first-order valence-electron chi connectivity index (χ1n) is 10.3. The van der Waals surface area contributed by atoms with E-state index in [1.165, 1.54) is 29.6 Å². The fourth-order valence-corrected chi connectivity index (χ4v) is 5.09. The largest absolute Gasteiger partial charge is 0.466 e. The number of amides is 4. The molecule has 0 spiro atoms. The van der Waals surface area contributed by atoms with Crippen LogP contribution in [0.1, 0.15) is 18.2 Å². The molecule has 2 N–H and O–H groups in total. The number of carbonyl (C=O) groups excluding carboxylic acids is 3. The summed E-state index contributed by atoms with van der Waals surface area (Å²) in [5.41, 5.74) is -0.704. The van der Waals surface area contributed by atoms with Crippen molar-refractivity contribution in [3.8, 4) is 0 Å². The summed E-state index contributed by atoms with van der Waals surface area (Å²) in [7, 11) is -3.60. The molecular weight excluding hydrogens is 452 g/mol. The van der Waals surface area contributed by atoms with Crippen LogP contribution in [0, 0.1) is 0 Å². The Bertz CT molecular complexity index is 1140. The standard InChI is InChI=1S/C21H24N4O7S/c1-21(17-3-2-10-32-17)19(27)25(20(28)23-21)14-18(26)22-13-15-4-6-16(7-5-15)33(29,30)24-8-11-31-12-9-24/h2-7,10H,8-9,11-14H2,1H3,(H,22,26)(H,23,28). The van der Waals surface area contributed by atoms with Gasteiger partial charge in [-0.1, -0.05) is 12.1 Å². The van der Waals surface area contributed by atoms with Crippen molar-refractivity contribution in [3.63, 3.8) is 0 Å². The van der Waals surface area contributed by atoms with E-state index < -0.39 is 40.0 Å². The number of nitrogens with one attached hydrogen (secondary N) is 2. The Labute approximate surface area is 190 Å². The molecule has 0 saturated carbocycles. The van der Waals surface area contributed by atoms with E-state index in [1.54, 1.807) is 24.3 Å². The first kappa shape index (κ1) is 23.0. The molecule has 1 unspecified atom stereocenters. The average molecular weight is 477 g/mol. The number of hydrogen-bond donors (Lipinski definition) is 2. The maximum Gasteiger partial charge on any atom is 0.325 e. The molecule has 0 bridgehead atoms. The van der Waals surface area contributed by atoms with E-state index in [0.29, 0.717) is 31.9 Å². The Morgan fingerprint density at radius 2 is 1.85 bits per heavy atom. The van der Waals surface area contributed by atoms with Crippen LogP contribution in [0.2, 0.25) is 0 Å². The van der Waals surface area contributed by atoms with Crippen molar-refractivity contribution in [2.24, 2.45) is 0 Å². The van der Waals surface area contributed by atoms with E-state index in [1.807, 2.05) is 0 Å². The monoisotopic (exact) mass is 476 g/mol. The normalized spacial score (nSPS) is 21.8. The van der Waals surface area contributed by atoms with E-state index in [-0.39, 0.29) is 17.2 Å². The van der Waals surface area contributed by atoms with Gasteiger partial charge >= 0.3 is 6.03 Å². The quantitative estimate of drug-likeness (QED) is 0.551. The van der Waals surface area contributed by atoms with Gasteiger partial charge < -0.3 is 19.8 Å². The van der Waals surface area contributed by atoms with Crippen LogP contribution in [0.15, 0.2) is 52.0 Å². The average Bonchev–Trinajstić information content (AvgIpc) is 3.43. The van der Waals surface area contributed by atoms with Gasteiger partial charge in [0.2, 0.25) is 15.9 Å². The molecule has 2 aliphatic heterocycles. The van der Waals surface area contributed by atoms with Crippen molar-refractivity contribution >= 4 is 27.9 Å². The molecule has 1 atom stereocenters. The highest BCUT2D eigenvalue weighted by Gasteiger charge is 2.51. The van der Waals surface area contributed by atoms with Crippen LogP contribution >= 0.6 is 0 Å². The number of urea groups is 1. The molecular formula is C21H24N4O7S. The lowest BCUT2D eigenvalue weighted by molar-refractivity contribution is -0.135. The summed E-state index contributed by atoms with van der Waals surface area (Å²) in [5.74, 6) is -0.849. The van der Waals surface area contributed by atoms with Crippen LogP contribution in [0.4, 0.5) is 4.79 Å². The highest BCUT2D eigenvalue weighted by atomic mass is 32.2. The number of sulfonamides is 1. The predicted molar refractivity (Wildman–Crippen MR) is 114 cm³/mol. The van der Waals surface area contributed by atoms with Crippen LogP contribution in [-0.4, -0.2) is 68.3 Å². The van der Waals surface area contributed by atoms with Crippen LogP contribution in [0.5, 0.6) is 0 Å². The topological polar surface area (TPSA) is 138 Å². The zero-order chi connectivity index (χ0) is 23.6. The summed E-state index contributed by atoms with van der Waals surface area (Å²) >= 11 is 0. The first-order valence-corrected chi connectivity index (χ1v) is 11.8. The minimum atomic E-state index is -3.60. The summed E-state index contributed by atoms with van der Waals surface area (Å²) in [6.07, 6.45) is 1.40. The SMILES string of the molecule is CC1(c2ccco2)NC(=O)N(CC(=O)NCc2ccc(S(=O)(=O)N3CCOCC3)cc2)C1=O. The van der Waals surface area contributed by atoms with Crippen LogP contribution in [0.3, 0.4) is 0 Å². The molecule has 12 heteroatoms. The van der Waals surface area contributed by atoms with Crippen molar-refractivity contribution in [1.82, 2.24) is 19.8 Å². The Balaban J connectivity index is 1.34. The number of morpholine rings is 1. The molecule has 2 fully saturated rings. The second-order valence-electron chi connectivity index (χ2n) is 7.86. The Hall–Kier alpha value is -3.22. The maximum absolute atomic E-state index is 12.7. The van der Waals surface area contributed by atoms with Gasteiger partial charge in [0.05, 0.1) is 24.4 Å². The lowest BCUT2D eigenvalue weighted by atomic mass is 9.99. The summed E-state index contributed by atoms with van der Waals surface area (Å²) in [4.78, 5) is 38.4. The lowest BCUT2D eigenvalue weighted by Gasteiger charge is -2.26. The van der Waals surface area contributed by atoms with Crippen LogP contribution in [0.25, 0.3) is 0 Å². The molecule has 1 aromatic carbocycles. The number of imide groups is 1. The van der Waals surface area contributed by atoms with Crippen molar-refractivity contribution in [2.45, 2.75) is 23.9 Å². The summed E-state index contributed by atoms with van der Waals surface area (Å²) in [5, 5.41) is 5.19. The number of rotatable bonds is 7. The Morgan fingerprint density at radius 3 is 2.48 bits per heavy atom. The molecule has 3 heterocycles. The number of carbonyl (C=O) groups is 3. The fourth-order valence-electron chi connectivity index (χ4n) is 3.69. The Kier molecular flexibility index (Phi) is 6.23. The van der Waals surface area contributed by atoms with Gasteiger partial charge in [-0.3, -0.25) is 14.5 Å². The number of nitrogens with zero attached hydrogens (tertiary/aromatic N) is 2. The number of benzene rings is 1. The van der Waals surface area contributed by atoms with Crippen molar-refractivity contribution < 1.29 is 32.0 Å². The van der Waals surface area contributed by atoms with E-state index >= 15 is 0 Å². The van der Waals surface area contributed by atoms with Crippen molar-refractivity contribution in [3.05, 3.63) is 54.0 Å². The molecule has 4 rings (SSSR count). The molecule has 2 aromatic rings. The third-order valence-corrected chi connectivity index (χ3v) is 7.52. The summed E-state index contributed by atoms with van der Waals surface area (Å²) in [6.45, 7) is 2.50.